The van der Waals surface area contributed by atoms with E-state index in [1.807, 2.05) is 26.0 Å². The molecule has 2 aromatic carbocycles. The average Bonchev–Trinajstić information content (AvgIpc) is 2.93. The van der Waals surface area contributed by atoms with Crippen molar-refractivity contribution in [1.82, 2.24) is 4.57 Å². The van der Waals surface area contributed by atoms with Crippen LogP contribution >= 0.6 is 11.6 Å². The lowest BCUT2D eigenvalue weighted by Gasteiger charge is -2.15. The van der Waals surface area contributed by atoms with E-state index in [2.05, 4.69) is 9.30 Å². The van der Waals surface area contributed by atoms with Crippen molar-refractivity contribution in [3.8, 4) is 5.75 Å². The molecule has 6 nitrogen and oxygen atoms in total. The van der Waals surface area contributed by atoms with Crippen LogP contribution in [-0.4, -0.2) is 34.8 Å². The first-order chi connectivity index (χ1) is 13.7. The molecule has 0 amide bonds. The summed E-state index contributed by atoms with van der Waals surface area (Å²) < 4.78 is 12.4. The van der Waals surface area contributed by atoms with Gasteiger partial charge in [-0.1, -0.05) is 17.7 Å². The smallest absolute Gasteiger partial charge is 0.346 e. The van der Waals surface area contributed by atoms with Gasteiger partial charge in [0.15, 0.2) is 6.10 Å². The lowest BCUT2D eigenvalue weighted by atomic mass is 10.1. The molecule has 0 aliphatic heterocycles. The molecule has 1 heterocycles. The average molecular weight is 416 g/mol. The number of hydrogen-bond donors (Lipinski definition) is 1. The Balaban J connectivity index is 1.91. The number of halogens is 1. The first-order valence-corrected chi connectivity index (χ1v) is 9.46. The number of fused-ring (bicyclic) bond motifs is 1. The van der Waals surface area contributed by atoms with Gasteiger partial charge in [0.1, 0.15) is 5.75 Å². The SMILES string of the molecule is COC(=O)[C@@H](C)Oc1ccc(Cn2c(C)c(C)c3cc(C(=O)O)ccc32)cc1Cl. The Morgan fingerprint density at radius 2 is 1.90 bits per heavy atom. The van der Waals surface area contributed by atoms with Crippen LogP contribution < -0.4 is 4.74 Å². The van der Waals surface area contributed by atoms with E-state index in [0.29, 0.717) is 17.3 Å². The van der Waals surface area contributed by atoms with Gasteiger partial charge in [-0.2, -0.15) is 0 Å². The van der Waals surface area contributed by atoms with Gasteiger partial charge in [0.2, 0.25) is 0 Å². The molecule has 0 radical (unpaired) electrons. The summed E-state index contributed by atoms with van der Waals surface area (Å²) in [7, 11) is 1.30. The van der Waals surface area contributed by atoms with Crippen LogP contribution in [0.1, 0.15) is 34.1 Å². The van der Waals surface area contributed by atoms with E-state index in [1.54, 1.807) is 31.2 Å². The van der Waals surface area contributed by atoms with Crippen molar-refractivity contribution in [3.63, 3.8) is 0 Å². The van der Waals surface area contributed by atoms with Crippen molar-refractivity contribution in [3.05, 3.63) is 63.8 Å². The van der Waals surface area contributed by atoms with Crippen LogP contribution in [0.3, 0.4) is 0 Å². The highest BCUT2D eigenvalue weighted by Gasteiger charge is 2.17. The van der Waals surface area contributed by atoms with E-state index in [9.17, 15) is 14.7 Å². The number of carbonyl (C=O) groups excluding carboxylic acids is 1. The van der Waals surface area contributed by atoms with Gasteiger partial charge in [-0.05, 0) is 62.2 Å². The highest BCUT2D eigenvalue weighted by atomic mass is 35.5. The number of esters is 1. The summed E-state index contributed by atoms with van der Waals surface area (Å²) in [5.41, 5.74) is 4.28. The van der Waals surface area contributed by atoms with Crippen molar-refractivity contribution >= 4 is 34.4 Å². The molecule has 0 fully saturated rings. The Bertz CT molecular complexity index is 1100. The normalized spacial score (nSPS) is 12.0. The summed E-state index contributed by atoms with van der Waals surface area (Å²) in [5, 5.41) is 10.6. The third kappa shape index (κ3) is 4.07. The predicted octanol–water partition coefficient (Wildman–Crippen LogP) is 4.60. The van der Waals surface area contributed by atoms with Crippen molar-refractivity contribution < 1.29 is 24.2 Å². The fourth-order valence-corrected chi connectivity index (χ4v) is 3.56. The number of ether oxygens (including phenoxy) is 2. The molecular formula is C22H22ClNO5. The van der Waals surface area contributed by atoms with E-state index >= 15 is 0 Å². The number of nitrogens with zero attached hydrogens (tertiary/aromatic N) is 1. The molecule has 0 bridgehead atoms. The lowest BCUT2D eigenvalue weighted by molar-refractivity contribution is -0.147. The lowest BCUT2D eigenvalue weighted by Crippen LogP contribution is -2.25. The van der Waals surface area contributed by atoms with Gasteiger partial charge in [-0.15, -0.1) is 0 Å². The minimum absolute atomic E-state index is 0.266. The van der Waals surface area contributed by atoms with E-state index in [4.69, 9.17) is 16.3 Å². The van der Waals surface area contributed by atoms with Crippen LogP contribution in [0.15, 0.2) is 36.4 Å². The van der Waals surface area contributed by atoms with Crippen LogP contribution in [-0.2, 0) is 16.1 Å². The van der Waals surface area contributed by atoms with Gasteiger partial charge in [-0.3, -0.25) is 0 Å². The molecule has 0 saturated carbocycles. The Morgan fingerprint density at radius 1 is 1.17 bits per heavy atom. The van der Waals surface area contributed by atoms with Gasteiger partial charge in [0.05, 0.1) is 17.7 Å². The van der Waals surface area contributed by atoms with Crippen molar-refractivity contribution in [1.29, 1.82) is 0 Å². The Labute approximate surface area is 173 Å². The third-order valence-corrected chi connectivity index (χ3v) is 5.36. The number of aromatic nitrogens is 1. The quantitative estimate of drug-likeness (QED) is 0.595. The van der Waals surface area contributed by atoms with E-state index in [1.165, 1.54) is 7.11 Å². The Kier molecular flexibility index (Phi) is 5.84. The number of carboxylic acids is 1. The van der Waals surface area contributed by atoms with E-state index < -0.39 is 18.0 Å². The second kappa shape index (κ2) is 8.17. The molecule has 1 aromatic heterocycles. The van der Waals surface area contributed by atoms with Gasteiger partial charge in [0, 0.05) is 23.1 Å². The molecule has 1 atom stereocenters. The van der Waals surface area contributed by atoms with Crippen molar-refractivity contribution in [2.75, 3.05) is 7.11 Å². The minimum Gasteiger partial charge on any atom is -0.478 e. The number of carbonyl (C=O) groups is 2. The zero-order valence-corrected chi connectivity index (χ0v) is 17.4. The molecule has 7 heteroatoms. The molecule has 3 aromatic rings. The Morgan fingerprint density at radius 3 is 2.52 bits per heavy atom. The van der Waals surface area contributed by atoms with E-state index in [-0.39, 0.29) is 5.56 Å². The van der Waals surface area contributed by atoms with Gasteiger partial charge in [0.25, 0.3) is 0 Å². The second-order valence-electron chi connectivity index (χ2n) is 6.88. The van der Waals surface area contributed by atoms with Gasteiger partial charge in [-0.25, -0.2) is 9.59 Å². The number of rotatable bonds is 6. The summed E-state index contributed by atoms with van der Waals surface area (Å²) in [4.78, 5) is 22.8. The summed E-state index contributed by atoms with van der Waals surface area (Å²) >= 11 is 6.35. The first-order valence-electron chi connectivity index (χ1n) is 9.08. The maximum atomic E-state index is 11.5. The van der Waals surface area contributed by atoms with Crippen LogP contribution in [0.2, 0.25) is 5.02 Å². The number of aromatic carboxylic acids is 1. The molecule has 0 aliphatic carbocycles. The number of benzene rings is 2. The monoisotopic (exact) mass is 415 g/mol. The van der Waals surface area contributed by atoms with Crippen LogP contribution in [0.4, 0.5) is 0 Å². The molecule has 0 spiro atoms. The van der Waals surface area contributed by atoms with Crippen LogP contribution in [0, 0.1) is 13.8 Å². The molecule has 152 valence electrons. The molecule has 0 unspecified atom stereocenters. The largest absolute Gasteiger partial charge is 0.478 e. The van der Waals surface area contributed by atoms with Crippen LogP contribution in [0.5, 0.6) is 5.75 Å². The molecule has 0 saturated heterocycles. The topological polar surface area (TPSA) is 77.8 Å². The molecular weight excluding hydrogens is 394 g/mol. The highest BCUT2D eigenvalue weighted by molar-refractivity contribution is 6.32. The second-order valence-corrected chi connectivity index (χ2v) is 7.29. The van der Waals surface area contributed by atoms with Crippen molar-refractivity contribution in [2.24, 2.45) is 0 Å². The highest BCUT2D eigenvalue weighted by Crippen LogP contribution is 2.30. The summed E-state index contributed by atoms with van der Waals surface area (Å²) in [6.07, 6.45) is -0.759. The number of methoxy groups -OCH3 is 1. The zero-order valence-electron chi connectivity index (χ0n) is 16.7. The molecule has 29 heavy (non-hydrogen) atoms. The van der Waals surface area contributed by atoms with Crippen molar-refractivity contribution in [2.45, 2.75) is 33.4 Å². The minimum atomic E-state index is -0.944. The van der Waals surface area contributed by atoms with Gasteiger partial charge >= 0.3 is 11.9 Å². The standard InChI is InChI=1S/C22H22ClNO5/c1-12-13(2)24(19-7-6-16(21(25)26)10-17(12)19)11-15-5-8-20(18(23)9-15)29-14(3)22(27)28-4/h5-10,14H,11H2,1-4H3,(H,25,26)/t14-/m1/s1. The van der Waals surface area contributed by atoms with E-state index in [0.717, 1.165) is 27.7 Å². The number of aryl methyl sites for hydroxylation is 1. The first kappa shape index (κ1) is 20.7. The fraction of sp³-hybridized carbons (Fsp3) is 0.273. The molecule has 3 rings (SSSR count). The molecule has 1 N–H and O–H groups in total. The van der Waals surface area contributed by atoms with Crippen LogP contribution in [0.25, 0.3) is 10.9 Å². The van der Waals surface area contributed by atoms with Gasteiger partial charge < -0.3 is 19.1 Å². The third-order valence-electron chi connectivity index (χ3n) is 5.06. The number of hydrogen-bond acceptors (Lipinski definition) is 4. The number of carboxylic acid groups (broad SMARTS) is 1. The molecule has 0 aliphatic rings. The summed E-state index contributed by atoms with van der Waals surface area (Å²) in [6, 6.07) is 10.6. The summed E-state index contributed by atoms with van der Waals surface area (Å²) in [5.74, 6) is -1.01. The predicted molar refractivity (Wildman–Crippen MR) is 111 cm³/mol. The summed E-state index contributed by atoms with van der Waals surface area (Å²) in [6.45, 7) is 6.15. The Hall–Kier alpha value is -2.99. The maximum absolute atomic E-state index is 11.5. The maximum Gasteiger partial charge on any atom is 0.346 e. The zero-order chi connectivity index (χ0) is 21.3. The fourth-order valence-electron chi connectivity index (χ4n) is 3.31.